The van der Waals surface area contributed by atoms with Crippen LogP contribution in [0.25, 0.3) is 0 Å². The van der Waals surface area contributed by atoms with Crippen LogP contribution in [0.2, 0.25) is 0 Å². The number of amides is 2. The van der Waals surface area contributed by atoms with Crippen molar-refractivity contribution in [2.45, 2.75) is 65.1 Å². The molecular formula is C17H30N4O2. The molecule has 1 aromatic heterocycles. The lowest BCUT2D eigenvalue weighted by Gasteiger charge is -2.34. The lowest BCUT2D eigenvalue weighted by atomic mass is 9.89. The van der Waals surface area contributed by atoms with Gasteiger partial charge in [0.05, 0.1) is 12.3 Å². The summed E-state index contributed by atoms with van der Waals surface area (Å²) in [5.74, 6) is 0.584. The number of aromatic nitrogens is 2. The Morgan fingerprint density at radius 3 is 2.83 bits per heavy atom. The fourth-order valence-corrected chi connectivity index (χ4v) is 3.23. The lowest BCUT2D eigenvalue weighted by Crippen LogP contribution is -2.47. The van der Waals surface area contributed by atoms with Gasteiger partial charge in [-0.2, -0.15) is 5.10 Å². The van der Waals surface area contributed by atoms with Crippen LogP contribution in [0.4, 0.5) is 4.79 Å². The third-order valence-electron chi connectivity index (χ3n) is 5.00. The maximum Gasteiger partial charge on any atom is 0.315 e. The molecule has 2 amide bonds. The molecule has 0 aliphatic carbocycles. The van der Waals surface area contributed by atoms with Crippen molar-refractivity contribution in [2.24, 2.45) is 13.0 Å². The molecule has 0 bridgehead atoms. The van der Waals surface area contributed by atoms with Crippen LogP contribution < -0.4 is 10.6 Å². The van der Waals surface area contributed by atoms with Crippen LogP contribution in [-0.2, 0) is 18.3 Å². The van der Waals surface area contributed by atoms with Crippen molar-refractivity contribution < 1.29 is 9.53 Å². The van der Waals surface area contributed by atoms with Gasteiger partial charge in [-0.3, -0.25) is 4.68 Å². The van der Waals surface area contributed by atoms with Crippen LogP contribution in [0.15, 0.2) is 6.20 Å². The van der Waals surface area contributed by atoms with E-state index in [1.54, 1.807) is 6.20 Å². The molecule has 6 heteroatoms. The molecule has 0 radical (unpaired) electrons. The largest absolute Gasteiger partial charge is 0.378 e. The Morgan fingerprint density at radius 1 is 1.48 bits per heavy atom. The summed E-state index contributed by atoms with van der Waals surface area (Å²) >= 11 is 0. The Balaban J connectivity index is 1.79. The number of hydrogen-bond acceptors (Lipinski definition) is 3. The zero-order valence-corrected chi connectivity index (χ0v) is 14.8. The number of carbonyl (C=O) groups excluding carboxylic acids is 1. The van der Waals surface area contributed by atoms with Crippen molar-refractivity contribution in [1.82, 2.24) is 20.4 Å². The van der Waals surface area contributed by atoms with E-state index in [4.69, 9.17) is 4.74 Å². The fourth-order valence-electron chi connectivity index (χ4n) is 3.23. The SMILES string of the molecule is CCC(CC)[C@@H]1C[C@H](NC(=O)NCc2cnn(C)c2C)CCO1. The first-order valence-corrected chi connectivity index (χ1v) is 8.68. The van der Waals surface area contributed by atoms with Crippen LogP contribution in [0.1, 0.15) is 50.8 Å². The van der Waals surface area contributed by atoms with Gasteiger partial charge in [0, 0.05) is 37.5 Å². The number of urea groups is 1. The van der Waals surface area contributed by atoms with E-state index in [2.05, 4.69) is 29.6 Å². The number of nitrogens with one attached hydrogen (secondary N) is 2. The molecule has 1 fully saturated rings. The van der Waals surface area contributed by atoms with Gasteiger partial charge in [0.25, 0.3) is 0 Å². The van der Waals surface area contributed by atoms with E-state index in [0.717, 1.165) is 43.5 Å². The molecule has 0 saturated carbocycles. The highest BCUT2D eigenvalue weighted by atomic mass is 16.5. The van der Waals surface area contributed by atoms with Gasteiger partial charge in [-0.25, -0.2) is 4.79 Å². The van der Waals surface area contributed by atoms with Crippen molar-refractivity contribution in [2.75, 3.05) is 6.61 Å². The first-order chi connectivity index (χ1) is 11.0. The molecule has 0 unspecified atom stereocenters. The normalized spacial score (nSPS) is 21.4. The van der Waals surface area contributed by atoms with Gasteiger partial charge in [0.2, 0.25) is 0 Å². The highest BCUT2D eigenvalue weighted by molar-refractivity contribution is 5.74. The van der Waals surface area contributed by atoms with Crippen molar-refractivity contribution in [3.05, 3.63) is 17.5 Å². The highest BCUT2D eigenvalue weighted by Crippen LogP contribution is 2.25. The Hall–Kier alpha value is -1.56. The van der Waals surface area contributed by atoms with Crippen molar-refractivity contribution in [3.8, 4) is 0 Å². The molecule has 1 aliphatic rings. The maximum absolute atomic E-state index is 12.1. The third-order valence-corrected chi connectivity index (χ3v) is 5.00. The Kier molecular flexibility index (Phi) is 6.45. The van der Waals surface area contributed by atoms with Gasteiger partial charge in [-0.15, -0.1) is 0 Å². The molecule has 2 atom stereocenters. The standard InChI is InChI=1S/C17H30N4O2/c1-5-13(6-2)16-9-15(7-8-23-16)20-17(22)18-10-14-11-19-21(4)12(14)3/h11,13,15-16H,5-10H2,1-4H3,(H2,18,20,22)/t15-,16+/m1/s1. The van der Waals surface area contributed by atoms with E-state index in [9.17, 15) is 4.79 Å². The van der Waals surface area contributed by atoms with Crippen LogP contribution in [-0.4, -0.2) is 34.6 Å². The summed E-state index contributed by atoms with van der Waals surface area (Å²) in [6.45, 7) is 7.65. The van der Waals surface area contributed by atoms with E-state index < -0.39 is 0 Å². The van der Waals surface area contributed by atoms with Gasteiger partial charge >= 0.3 is 6.03 Å². The molecule has 2 rings (SSSR count). The molecule has 6 nitrogen and oxygen atoms in total. The molecule has 2 N–H and O–H groups in total. The monoisotopic (exact) mass is 322 g/mol. The van der Waals surface area contributed by atoms with Crippen LogP contribution in [0.5, 0.6) is 0 Å². The predicted octanol–water partition coefficient (Wildman–Crippen LogP) is 2.51. The number of aryl methyl sites for hydroxylation is 1. The average molecular weight is 322 g/mol. The quantitative estimate of drug-likeness (QED) is 0.845. The van der Waals surface area contributed by atoms with Crippen molar-refractivity contribution in [3.63, 3.8) is 0 Å². The molecule has 1 aromatic rings. The predicted molar refractivity (Wildman–Crippen MR) is 90.2 cm³/mol. The maximum atomic E-state index is 12.1. The highest BCUT2D eigenvalue weighted by Gasteiger charge is 2.28. The van der Waals surface area contributed by atoms with Crippen molar-refractivity contribution >= 4 is 6.03 Å². The Labute approximate surface area is 139 Å². The lowest BCUT2D eigenvalue weighted by molar-refractivity contribution is -0.0331. The fraction of sp³-hybridized carbons (Fsp3) is 0.765. The molecule has 1 saturated heterocycles. The minimum atomic E-state index is -0.108. The third kappa shape index (κ3) is 4.70. The zero-order valence-electron chi connectivity index (χ0n) is 14.8. The number of carbonyl (C=O) groups is 1. The second-order valence-corrected chi connectivity index (χ2v) is 6.41. The number of nitrogens with zero attached hydrogens (tertiary/aromatic N) is 2. The van der Waals surface area contributed by atoms with E-state index in [0.29, 0.717) is 12.5 Å². The molecule has 1 aliphatic heterocycles. The Morgan fingerprint density at radius 2 is 2.22 bits per heavy atom. The van der Waals surface area contributed by atoms with Gasteiger partial charge in [0.15, 0.2) is 0 Å². The topological polar surface area (TPSA) is 68.2 Å². The Bertz CT molecular complexity index is 511. The van der Waals surface area contributed by atoms with Gasteiger partial charge < -0.3 is 15.4 Å². The molecule has 0 spiro atoms. The van der Waals surface area contributed by atoms with Crippen molar-refractivity contribution in [1.29, 1.82) is 0 Å². The van der Waals surface area contributed by atoms with E-state index >= 15 is 0 Å². The zero-order chi connectivity index (χ0) is 16.8. The molecule has 2 heterocycles. The second-order valence-electron chi connectivity index (χ2n) is 6.41. The van der Waals surface area contributed by atoms with Crippen LogP contribution in [0.3, 0.4) is 0 Å². The first kappa shape index (κ1) is 17.8. The summed E-state index contributed by atoms with van der Waals surface area (Å²) in [4.78, 5) is 12.1. The molecular weight excluding hydrogens is 292 g/mol. The van der Waals surface area contributed by atoms with E-state index in [1.807, 2.05) is 18.7 Å². The summed E-state index contributed by atoms with van der Waals surface area (Å²) < 4.78 is 7.71. The van der Waals surface area contributed by atoms with Crippen LogP contribution in [0, 0.1) is 12.8 Å². The summed E-state index contributed by atoms with van der Waals surface area (Å²) in [5, 5.41) is 10.2. The van der Waals surface area contributed by atoms with E-state index in [-0.39, 0.29) is 18.2 Å². The average Bonchev–Trinajstić information content (AvgIpc) is 2.86. The number of hydrogen-bond donors (Lipinski definition) is 2. The molecule has 0 aromatic carbocycles. The second kappa shape index (κ2) is 8.34. The van der Waals surface area contributed by atoms with Gasteiger partial charge in [-0.05, 0) is 25.7 Å². The van der Waals surface area contributed by atoms with Gasteiger partial charge in [-0.1, -0.05) is 26.7 Å². The summed E-state index contributed by atoms with van der Waals surface area (Å²) in [6.07, 6.45) is 6.11. The minimum Gasteiger partial charge on any atom is -0.378 e. The number of ether oxygens (including phenoxy) is 1. The van der Waals surface area contributed by atoms with E-state index in [1.165, 1.54) is 0 Å². The summed E-state index contributed by atoms with van der Waals surface area (Å²) in [7, 11) is 1.90. The number of rotatable bonds is 6. The molecule has 23 heavy (non-hydrogen) atoms. The first-order valence-electron chi connectivity index (χ1n) is 8.68. The van der Waals surface area contributed by atoms with Crippen LogP contribution >= 0.6 is 0 Å². The van der Waals surface area contributed by atoms with Gasteiger partial charge in [0.1, 0.15) is 0 Å². The minimum absolute atomic E-state index is 0.108. The smallest absolute Gasteiger partial charge is 0.315 e. The molecule has 130 valence electrons. The summed E-state index contributed by atoms with van der Waals surface area (Å²) in [6, 6.07) is 0.0906. The summed E-state index contributed by atoms with van der Waals surface area (Å²) in [5.41, 5.74) is 2.12.